The van der Waals surface area contributed by atoms with Gasteiger partial charge in [0.15, 0.2) is 0 Å². The molecule has 0 heterocycles. The fourth-order valence-electron chi connectivity index (χ4n) is 0.387. The topological polar surface area (TPSA) is 0 Å². The second-order valence-electron chi connectivity index (χ2n) is 1.35. The molecule has 1 radical (unpaired) electrons. The molecule has 1 rings (SSSR count). The summed E-state index contributed by atoms with van der Waals surface area (Å²) < 4.78 is 23.8. The second kappa shape index (κ2) is 3.79. The van der Waals surface area contributed by atoms with E-state index in [4.69, 9.17) is 0 Å². The van der Waals surface area contributed by atoms with Crippen molar-refractivity contribution in [2.24, 2.45) is 0 Å². The van der Waals surface area contributed by atoms with Gasteiger partial charge in [-0.25, -0.2) is 8.78 Å². The molecule has 0 saturated carbocycles. The Balaban J connectivity index is 0.000000640. The molecule has 0 unspecified atom stereocenters. The first-order valence-electron chi connectivity index (χ1n) is 2.12. The van der Waals surface area contributed by atoms with Crippen LogP contribution < -0.4 is 0 Å². The molecule has 0 aliphatic carbocycles. The highest BCUT2D eigenvalue weighted by molar-refractivity contribution is 5.75. The third-order valence-electron chi connectivity index (χ3n) is 0.737. The van der Waals surface area contributed by atoms with E-state index in [9.17, 15) is 8.78 Å². The Labute approximate surface area is 68.0 Å². The van der Waals surface area contributed by atoms with Crippen LogP contribution in [0, 0.1) is 17.7 Å². The predicted octanol–water partition coefficient (Wildman–Crippen LogP) is 0.849. The lowest BCUT2D eigenvalue weighted by molar-refractivity contribution is 0.598. The van der Waals surface area contributed by atoms with E-state index in [2.05, 4.69) is 6.07 Å². The Hall–Kier alpha value is -0.154. The van der Waals surface area contributed by atoms with Gasteiger partial charge in [0.25, 0.3) is 0 Å². The number of rotatable bonds is 0. The van der Waals surface area contributed by atoms with Gasteiger partial charge in [-0.15, -0.1) is 0 Å². The average Bonchev–Trinajstić information content (AvgIpc) is 1.77. The van der Waals surface area contributed by atoms with Gasteiger partial charge in [0.2, 0.25) is 0 Å². The van der Waals surface area contributed by atoms with Gasteiger partial charge in [0.05, 0.1) is 0 Å². The van der Waals surface area contributed by atoms with Crippen LogP contribution in [-0.2, 0) is 0 Å². The molecule has 0 atom stereocenters. The lowest BCUT2D eigenvalue weighted by Gasteiger charge is -1.82. The van der Waals surface area contributed by atoms with E-state index in [0.717, 1.165) is 18.2 Å². The van der Waals surface area contributed by atoms with Crippen molar-refractivity contribution in [3.63, 3.8) is 0 Å². The van der Waals surface area contributed by atoms with Crippen molar-refractivity contribution < 1.29 is 8.78 Å². The Morgan fingerprint density at radius 2 is 1.89 bits per heavy atom. The molecule has 1 aromatic rings. The Morgan fingerprint density at radius 3 is 2.22 bits per heavy atom. The van der Waals surface area contributed by atoms with E-state index in [-0.39, 0.29) is 23.1 Å². The maximum absolute atomic E-state index is 11.9. The summed E-state index contributed by atoms with van der Waals surface area (Å²) in [6.07, 6.45) is 0. The summed E-state index contributed by atoms with van der Waals surface area (Å²) in [4.78, 5) is 0. The molecule has 3 heteroatoms. The summed E-state index contributed by atoms with van der Waals surface area (Å²) in [5, 5.41) is 0. The minimum Gasteiger partial charge on any atom is -0.207 e. The molecule has 0 aromatic heterocycles. The number of halogens is 2. The highest BCUT2D eigenvalue weighted by Crippen LogP contribution is 1.97. The minimum absolute atomic E-state index is 0. The van der Waals surface area contributed by atoms with E-state index >= 15 is 0 Å². The van der Waals surface area contributed by atoms with Crippen LogP contribution in [0.5, 0.6) is 0 Å². The van der Waals surface area contributed by atoms with Gasteiger partial charge in [0.1, 0.15) is 11.6 Å². The van der Waals surface area contributed by atoms with Crippen LogP contribution in [0.25, 0.3) is 0 Å². The van der Waals surface area contributed by atoms with Crippen LogP contribution in [0.4, 0.5) is 8.78 Å². The standard InChI is InChI=1S/C6H3F2.Mg.2H/c7-5-1-2-6(8)4-3-5;;;/h1-3H;;;. The van der Waals surface area contributed by atoms with Crippen molar-refractivity contribution in [3.05, 3.63) is 35.9 Å². The van der Waals surface area contributed by atoms with Gasteiger partial charge in [-0.3, -0.25) is 0 Å². The summed E-state index contributed by atoms with van der Waals surface area (Å²) in [6, 6.07) is 5.08. The molecule has 0 amide bonds. The van der Waals surface area contributed by atoms with Gasteiger partial charge in [0, 0.05) is 6.07 Å². The summed E-state index contributed by atoms with van der Waals surface area (Å²) in [5.74, 6) is -1.00. The largest absolute Gasteiger partial charge is 0.316 e. The molecule has 1 aromatic carbocycles. The molecule has 0 bridgehead atoms. The third kappa shape index (κ3) is 2.77. The number of benzene rings is 1. The third-order valence-corrected chi connectivity index (χ3v) is 0.737. The lowest BCUT2D eigenvalue weighted by atomic mass is 10.3. The van der Waals surface area contributed by atoms with Crippen molar-refractivity contribution in [2.75, 3.05) is 0 Å². The van der Waals surface area contributed by atoms with Crippen LogP contribution in [0.1, 0.15) is 0 Å². The molecule has 0 fully saturated rings. The first kappa shape index (κ1) is 8.85. The smallest absolute Gasteiger partial charge is 0.207 e. The van der Waals surface area contributed by atoms with Crippen molar-refractivity contribution >= 4 is 23.1 Å². The summed E-state index contributed by atoms with van der Waals surface area (Å²) >= 11 is 0. The zero-order chi connectivity index (χ0) is 5.98. The first-order chi connectivity index (χ1) is 3.79. The fourth-order valence-corrected chi connectivity index (χ4v) is 0.387. The molecule has 0 N–H and O–H groups in total. The van der Waals surface area contributed by atoms with Crippen molar-refractivity contribution in [2.45, 2.75) is 0 Å². The van der Waals surface area contributed by atoms with Gasteiger partial charge < -0.3 is 0 Å². The molecule has 0 aliphatic heterocycles. The summed E-state index contributed by atoms with van der Waals surface area (Å²) in [7, 11) is 0. The Kier molecular flexibility index (Phi) is 3.73. The zero-order valence-corrected chi connectivity index (χ0v) is 3.99. The van der Waals surface area contributed by atoms with Crippen LogP contribution in [0.3, 0.4) is 0 Å². The van der Waals surface area contributed by atoms with E-state index in [1.807, 2.05) is 0 Å². The molecular formula is C6H5F2Mg. The average molecular weight is 139 g/mol. The Bertz CT molecular complexity index is 150. The fraction of sp³-hybridized carbons (Fsp3) is 0. The maximum atomic E-state index is 11.9. The maximum Gasteiger partial charge on any atom is 0.316 e. The molecule has 0 saturated heterocycles. The number of hydrogen-bond acceptors (Lipinski definition) is 0. The molecule has 9 heavy (non-hydrogen) atoms. The molecule has 45 valence electrons. The molecule has 0 spiro atoms. The summed E-state index contributed by atoms with van der Waals surface area (Å²) in [6.45, 7) is 0. The second-order valence-corrected chi connectivity index (χ2v) is 1.35. The van der Waals surface area contributed by atoms with E-state index in [1.165, 1.54) is 0 Å². The van der Waals surface area contributed by atoms with E-state index < -0.39 is 11.6 Å². The van der Waals surface area contributed by atoms with Gasteiger partial charge in [-0.1, -0.05) is 0 Å². The first-order valence-corrected chi connectivity index (χ1v) is 2.12. The monoisotopic (exact) mass is 139 g/mol. The van der Waals surface area contributed by atoms with Crippen LogP contribution in [0.15, 0.2) is 18.2 Å². The highest BCUT2D eigenvalue weighted by Gasteiger charge is 1.87. The van der Waals surface area contributed by atoms with Crippen molar-refractivity contribution in [3.8, 4) is 0 Å². The van der Waals surface area contributed by atoms with E-state index in [1.54, 1.807) is 0 Å². The predicted molar refractivity (Wildman–Crippen MR) is 33.7 cm³/mol. The number of hydrogen-bond donors (Lipinski definition) is 0. The molecular weight excluding hydrogens is 134 g/mol. The van der Waals surface area contributed by atoms with Gasteiger partial charge >= 0.3 is 23.1 Å². The normalized spacial score (nSPS) is 8.22. The van der Waals surface area contributed by atoms with Crippen molar-refractivity contribution in [1.29, 1.82) is 0 Å². The van der Waals surface area contributed by atoms with Crippen LogP contribution >= 0.6 is 0 Å². The lowest BCUT2D eigenvalue weighted by Crippen LogP contribution is -1.73. The highest BCUT2D eigenvalue weighted by atomic mass is 24.3. The van der Waals surface area contributed by atoms with Crippen molar-refractivity contribution in [1.82, 2.24) is 0 Å². The zero-order valence-electron chi connectivity index (χ0n) is 3.99. The SMILES string of the molecule is Fc1[c]cc(F)cc1.[MgH2]. The van der Waals surface area contributed by atoms with Gasteiger partial charge in [-0.05, 0) is 18.2 Å². The quantitative estimate of drug-likeness (QED) is 0.468. The van der Waals surface area contributed by atoms with Crippen LogP contribution in [-0.4, -0.2) is 23.1 Å². The Morgan fingerprint density at radius 1 is 1.22 bits per heavy atom. The van der Waals surface area contributed by atoms with Crippen LogP contribution in [0.2, 0.25) is 0 Å². The molecule has 0 nitrogen and oxygen atoms in total. The van der Waals surface area contributed by atoms with Gasteiger partial charge in [-0.2, -0.15) is 0 Å². The van der Waals surface area contributed by atoms with E-state index in [0.29, 0.717) is 0 Å². The minimum atomic E-state index is -0.536. The molecule has 0 aliphatic rings. The summed E-state index contributed by atoms with van der Waals surface area (Å²) in [5.41, 5.74) is 0.